The number of fused-ring (bicyclic) bond motifs is 2. The van der Waals surface area contributed by atoms with E-state index < -0.39 is 6.10 Å². The fourth-order valence-electron chi connectivity index (χ4n) is 4.69. The van der Waals surface area contributed by atoms with Crippen LogP contribution in [-0.4, -0.2) is 48.7 Å². The van der Waals surface area contributed by atoms with E-state index in [1.807, 2.05) is 0 Å². The first-order chi connectivity index (χ1) is 10.7. The Bertz CT molecular complexity index is 673. The van der Waals surface area contributed by atoms with E-state index in [2.05, 4.69) is 29.2 Å². The smallest absolute Gasteiger partial charge is 0.231 e. The van der Waals surface area contributed by atoms with Gasteiger partial charge in [0.25, 0.3) is 0 Å². The second-order valence-electron chi connectivity index (χ2n) is 6.63. The second kappa shape index (κ2) is 4.25. The Hall–Kier alpha value is -1.56. The van der Waals surface area contributed by atoms with Crippen molar-refractivity contribution in [2.45, 2.75) is 36.6 Å². The fraction of sp³-hybridized carbons (Fsp3) is 0.529. The number of nitrogens with zero attached hydrogens (tertiary/aromatic N) is 1. The van der Waals surface area contributed by atoms with Crippen LogP contribution in [0.25, 0.3) is 0 Å². The van der Waals surface area contributed by atoms with Gasteiger partial charge in [-0.25, -0.2) is 0 Å². The molecule has 4 aliphatic rings. The van der Waals surface area contributed by atoms with E-state index in [1.54, 1.807) is 7.11 Å². The molecular formula is C17H19NO4. The summed E-state index contributed by atoms with van der Waals surface area (Å²) in [7, 11) is 1.75. The number of hydrogen-bond acceptors (Lipinski definition) is 5. The first-order valence-corrected chi connectivity index (χ1v) is 7.79. The number of benzene rings is 1. The Morgan fingerprint density at radius 2 is 2.14 bits per heavy atom. The van der Waals surface area contributed by atoms with Gasteiger partial charge >= 0.3 is 0 Å². The van der Waals surface area contributed by atoms with Gasteiger partial charge in [0, 0.05) is 26.2 Å². The van der Waals surface area contributed by atoms with Crippen LogP contribution in [0.2, 0.25) is 0 Å². The maximum atomic E-state index is 10.8. The van der Waals surface area contributed by atoms with Crippen LogP contribution in [0, 0.1) is 0 Å². The summed E-state index contributed by atoms with van der Waals surface area (Å²) in [6.07, 6.45) is 4.91. The van der Waals surface area contributed by atoms with Gasteiger partial charge in [-0.2, -0.15) is 0 Å². The minimum absolute atomic E-state index is 0.126. The largest absolute Gasteiger partial charge is 0.454 e. The normalized spacial score (nSPS) is 40.5. The van der Waals surface area contributed by atoms with Gasteiger partial charge in [0.1, 0.15) is 0 Å². The molecule has 1 unspecified atom stereocenters. The molecule has 0 spiro atoms. The molecule has 1 fully saturated rings. The van der Waals surface area contributed by atoms with Crippen molar-refractivity contribution in [3.63, 3.8) is 0 Å². The molecule has 5 nitrogen and oxygen atoms in total. The van der Waals surface area contributed by atoms with Gasteiger partial charge in [0.2, 0.25) is 6.79 Å². The summed E-state index contributed by atoms with van der Waals surface area (Å²) in [5.41, 5.74) is 2.08. The van der Waals surface area contributed by atoms with Crippen LogP contribution in [0.5, 0.6) is 11.5 Å². The summed E-state index contributed by atoms with van der Waals surface area (Å²) < 4.78 is 16.6. The van der Waals surface area contributed by atoms with Crippen molar-refractivity contribution in [2.75, 3.05) is 20.4 Å². The third-order valence-electron chi connectivity index (χ3n) is 5.73. The number of ether oxygens (including phenoxy) is 3. The van der Waals surface area contributed by atoms with Crippen molar-refractivity contribution in [3.8, 4) is 11.5 Å². The molecule has 3 heterocycles. The highest BCUT2D eigenvalue weighted by atomic mass is 16.7. The third kappa shape index (κ3) is 1.44. The molecule has 22 heavy (non-hydrogen) atoms. The van der Waals surface area contributed by atoms with E-state index in [1.165, 1.54) is 11.1 Å². The number of methoxy groups -OCH3 is 1. The standard InChI is InChI=1S/C17H19NO4/c1-20-11-2-3-17-12-6-14-13(21-9-22-14)4-10(12)7-18(8-16(17)19)15(17)5-11/h2-4,6,11,15-16,19H,5,7-9H2,1H3/t11-,15+,16-,17+/m0/s1. The van der Waals surface area contributed by atoms with Crippen molar-refractivity contribution in [2.24, 2.45) is 0 Å². The molecule has 0 amide bonds. The number of aliphatic hydroxyl groups excluding tert-OH is 1. The summed E-state index contributed by atoms with van der Waals surface area (Å²) in [6, 6.07) is 4.44. The van der Waals surface area contributed by atoms with E-state index in [0.29, 0.717) is 6.54 Å². The zero-order chi connectivity index (χ0) is 14.9. The highest BCUT2D eigenvalue weighted by molar-refractivity contribution is 5.56. The predicted molar refractivity (Wildman–Crippen MR) is 79.0 cm³/mol. The minimum Gasteiger partial charge on any atom is -0.454 e. The van der Waals surface area contributed by atoms with E-state index in [4.69, 9.17) is 14.2 Å². The summed E-state index contributed by atoms with van der Waals surface area (Å²) in [4.78, 5) is 2.38. The number of hydrogen-bond donors (Lipinski definition) is 1. The Balaban J connectivity index is 1.72. The molecule has 1 aromatic carbocycles. The molecule has 0 saturated carbocycles. The van der Waals surface area contributed by atoms with Crippen molar-refractivity contribution < 1.29 is 19.3 Å². The lowest BCUT2D eigenvalue weighted by atomic mass is 9.65. The van der Waals surface area contributed by atoms with Gasteiger partial charge in [-0.1, -0.05) is 12.2 Å². The average Bonchev–Trinajstić information content (AvgIpc) is 3.06. The highest BCUT2D eigenvalue weighted by Gasteiger charge is 2.58. The number of rotatable bonds is 1. The van der Waals surface area contributed by atoms with Crippen molar-refractivity contribution >= 4 is 0 Å². The summed E-state index contributed by atoms with van der Waals surface area (Å²) in [5.74, 6) is 1.61. The Kier molecular flexibility index (Phi) is 2.50. The number of aliphatic hydroxyl groups is 1. The van der Waals surface area contributed by atoms with Crippen molar-refractivity contribution in [3.05, 3.63) is 35.4 Å². The van der Waals surface area contributed by atoms with Gasteiger partial charge in [0.05, 0.1) is 17.6 Å². The molecule has 0 aromatic heterocycles. The molecular weight excluding hydrogens is 282 g/mol. The molecule has 0 radical (unpaired) electrons. The van der Waals surface area contributed by atoms with E-state index in [9.17, 15) is 5.11 Å². The quantitative estimate of drug-likeness (QED) is 0.790. The van der Waals surface area contributed by atoms with Crippen LogP contribution in [0.15, 0.2) is 24.3 Å². The van der Waals surface area contributed by atoms with Gasteiger partial charge < -0.3 is 19.3 Å². The SMILES string of the molecule is CO[C@H]1C=C[C@]23c4cc5c(cc4CN(C[C@@H]2O)[C@@H]3C1)OCO5. The highest BCUT2D eigenvalue weighted by Crippen LogP contribution is 2.53. The molecule has 1 saturated heterocycles. The van der Waals surface area contributed by atoms with Crippen LogP contribution >= 0.6 is 0 Å². The third-order valence-corrected chi connectivity index (χ3v) is 5.73. The first-order valence-electron chi connectivity index (χ1n) is 7.79. The molecule has 5 heteroatoms. The van der Waals surface area contributed by atoms with E-state index in [0.717, 1.165) is 24.5 Å². The van der Waals surface area contributed by atoms with Crippen LogP contribution in [0.4, 0.5) is 0 Å². The molecule has 116 valence electrons. The Labute approximate surface area is 129 Å². The Morgan fingerprint density at radius 1 is 1.32 bits per heavy atom. The molecule has 1 aromatic rings. The topological polar surface area (TPSA) is 51.2 Å². The van der Waals surface area contributed by atoms with Crippen molar-refractivity contribution in [1.29, 1.82) is 0 Å². The lowest BCUT2D eigenvalue weighted by molar-refractivity contribution is 0.0660. The lowest BCUT2D eigenvalue weighted by Crippen LogP contribution is -2.52. The first kappa shape index (κ1) is 12.9. The summed E-state index contributed by atoms with van der Waals surface area (Å²) in [6.45, 7) is 1.83. The van der Waals surface area contributed by atoms with Gasteiger partial charge in [0.15, 0.2) is 11.5 Å². The minimum atomic E-state index is -0.395. The molecule has 2 bridgehead atoms. The monoisotopic (exact) mass is 301 g/mol. The second-order valence-corrected chi connectivity index (χ2v) is 6.63. The Morgan fingerprint density at radius 3 is 2.95 bits per heavy atom. The van der Waals surface area contributed by atoms with Crippen LogP contribution in [0.3, 0.4) is 0 Å². The van der Waals surface area contributed by atoms with E-state index in [-0.39, 0.29) is 24.4 Å². The van der Waals surface area contributed by atoms with Crippen LogP contribution in [0.1, 0.15) is 17.5 Å². The summed E-state index contributed by atoms with van der Waals surface area (Å²) >= 11 is 0. The molecule has 1 aliphatic carbocycles. The average molecular weight is 301 g/mol. The summed E-state index contributed by atoms with van der Waals surface area (Å²) in [5, 5.41) is 10.8. The van der Waals surface area contributed by atoms with E-state index >= 15 is 0 Å². The van der Waals surface area contributed by atoms with Gasteiger partial charge in [-0.15, -0.1) is 0 Å². The molecule has 3 aliphatic heterocycles. The zero-order valence-electron chi connectivity index (χ0n) is 12.5. The zero-order valence-corrected chi connectivity index (χ0v) is 12.5. The molecule has 5 rings (SSSR count). The molecule has 5 atom stereocenters. The molecule has 1 N–H and O–H groups in total. The predicted octanol–water partition coefficient (Wildman–Crippen LogP) is 1.19. The van der Waals surface area contributed by atoms with Gasteiger partial charge in [-0.05, 0) is 29.7 Å². The maximum Gasteiger partial charge on any atom is 0.231 e. The lowest BCUT2D eigenvalue weighted by Gasteiger charge is -2.46. The van der Waals surface area contributed by atoms with Crippen LogP contribution in [-0.2, 0) is 16.7 Å². The van der Waals surface area contributed by atoms with Crippen molar-refractivity contribution in [1.82, 2.24) is 4.90 Å². The van der Waals surface area contributed by atoms with Crippen LogP contribution < -0.4 is 9.47 Å². The maximum absolute atomic E-state index is 10.8. The fourth-order valence-corrected chi connectivity index (χ4v) is 4.69. The van der Waals surface area contributed by atoms with Gasteiger partial charge in [-0.3, -0.25) is 4.90 Å².